The van der Waals surface area contributed by atoms with Crippen molar-refractivity contribution in [1.29, 1.82) is 0 Å². The van der Waals surface area contributed by atoms with Crippen LogP contribution in [-0.4, -0.2) is 28.7 Å². The van der Waals surface area contributed by atoms with Gasteiger partial charge in [0, 0.05) is 12.7 Å². The molecular weight excluding hydrogens is 246 g/mol. The van der Waals surface area contributed by atoms with Crippen molar-refractivity contribution < 1.29 is 9.66 Å². The largest absolute Gasteiger partial charge is 0.376 e. The number of nitrogens with one attached hydrogen (secondary N) is 1. The number of aryl methyl sites for hydroxylation is 1. The molecule has 2 atom stereocenters. The molecule has 2 heterocycles. The molecule has 19 heavy (non-hydrogen) atoms. The molecule has 6 heteroatoms. The van der Waals surface area contributed by atoms with Crippen LogP contribution >= 0.6 is 0 Å². The maximum absolute atomic E-state index is 10.7. The standard InChI is InChI=1S/C13H19N3O3/c1-3-10(12-5-4-8-19-12)15-13-7-6-11(16(17)18)9(2)14-13/h6-7,10,12H,3-5,8H2,1-2H3,(H,14,15). The Kier molecular flexibility index (Phi) is 4.31. The van der Waals surface area contributed by atoms with E-state index in [0.29, 0.717) is 11.5 Å². The zero-order valence-corrected chi connectivity index (χ0v) is 11.3. The quantitative estimate of drug-likeness (QED) is 0.654. The molecular formula is C13H19N3O3. The molecule has 1 aliphatic heterocycles. The van der Waals surface area contributed by atoms with Gasteiger partial charge in [0.2, 0.25) is 0 Å². The average molecular weight is 265 g/mol. The molecule has 0 spiro atoms. The van der Waals surface area contributed by atoms with Crippen LogP contribution in [0.1, 0.15) is 31.9 Å². The summed E-state index contributed by atoms with van der Waals surface area (Å²) in [5, 5.41) is 14.1. The Bertz CT molecular complexity index is 458. The Labute approximate surface area is 112 Å². The Morgan fingerprint density at radius 2 is 2.42 bits per heavy atom. The highest BCUT2D eigenvalue weighted by atomic mass is 16.6. The SMILES string of the molecule is CCC(Nc1ccc([N+](=O)[O-])c(C)n1)C1CCCO1. The highest BCUT2D eigenvalue weighted by Gasteiger charge is 2.25. The van der Waals surface area contributed by atoms with Gasteiger partial charge in [-0.2, -0.15) is 0 Å². The minimum atomic E-state index is -0.413. The van der Waals surface area contributed by atoms with Gasteiger partial charge in [-0.05, 0) is 32.3 Å². The summed E-state index contributed by atoms with van der Waals surface area (Å²) in [4.78, 5) is 14.6. The molecule has 2 unspecified atom stereocenters. The van der Waals surface area contributed by atoms with Crippen LogP contribution in [0, 0.1) is 17.0 Å². The van der Waals surface area contributed by atoms with Crippen molar-refractivity contribution in [3.63, 3.8) is 0 Å². The fourth-order valence-electron chi connectivity index (χ4n) is 2.39. The van der Waals surface area contributed by atoms with E-state index in [-0.39, 0.29) is 17.8 Å². The third-order valence-corrected chi connectivity index (χ3v) is 3.44. The van der Waals surface area contributed by atoms with E-state index < -0.39 is 4.92 Å². The first kappa shape index (κ1) is 13.7. The maximum atomic E-state index is 10.7. The van der Waals surface area contributed by atoms with Crippen LogP contribution in [0.25, 0.3) is 0 Å². The number of ether oxygens (including phenoxy) is 1. The second-order valence-electron chi connectivity index (χ2n) is 4.77. The van der Waals surface area contributed by atoms with Crippen LogP contribution in [-0.2, 0) is 4.74 Å². The number of anilines is 1. The first-order chi connectivity index (χ1) is 9.11. The molecule has 0 aromatic carbocycles. The van der Waals surface area contributed by atoms with Gasteiger partial charge in [0.25, 0.3) is 5.69 Å². The molecule has 0 saturated carbocycles. The molecule has 2 rings (SSSR count). The number of nitrogens with zero attached hydrogens (tertiary/aromatic N) is 2. The van der Waals surface area contributed by atoms with Crippen molar-refractivity contribution >= 4 is 11.5 Å². The fourth-order valence-corrected chi connectivity index (χ4v) is 2.39. The molecule has 1 aromatic rings. The van der Waals surface area contributed by atoms with Gasteiger partial charge in [-0.1, -0.05) is 6.92 Å². The fraction of sp³-hybridized carbons (Fsp3) is 0.615. The summed E-state index contributed by atoms with van der Waals surface area (Å²) in [5.41, 5.74) is 0.480. The summed E-state index contributed by atoms with van der Waals surface area (Å²) in [6, 6.07) is 3.35. The van der Waals surface area contributed by atoms with Gasteiger partial charge in [-0.3, -0.25) is 10.1 Å². The van der Waals surface area contributed by atoms with E-state index in [1.165, 1.54) is 6.07 Å². The van der Waals surface area contributed by atoms with Gasteiger partial charge in [0.1, 0.15) is 11.5 Å². The third-order valence-electron chi connectivity index (χ3n) is 3.44. The summed E-state index contributed by atoms with van der Waals surface area (Å²) >= 11 is 0. The van der Waals surface area contributed by atoms with Crippen LogP contribution in [0.3, 0.4) is 0 Å². The lowest BCUT2D eigenvalue weighted by Gasteiger charge is -2.23. The minimum Gasteiger partial charge on any atom is -0.376 e. The summed E-state index contributed by atoms with van der Waals surface area (Å²) < 4.78 is 5.67. The van der Waals surface area contributed by atoms with E-state index in [1.54, 1.807) is 13.0 Å². The highest BCUT2D eigenvalue weighted by Crippen LogP contribution is 2.22. The molecule has 0 bridgehead atoms. The molecule has 0 amide bonds. The second-order valence-corrected chi connectivity index (χ2v) is 4.77. The van der Waals surface area contributed by atoms with Crippen molar-refractivity contribution in [1.82, 2.24) is 4.98 Å². The lowest BCUT2D eigenvalue weighted by atomic mass is 10.1. The molecule has 0 aliphatic carbocycles. The van der Waals surface area contributed by atoms with Gasteiger partial charge in [0.15, 0.2) is 0 Å². The van der Waals surface area contributed by atoms with Crippen LogP contribution in [0.4, 0.5) is 11.5 Å². The van der Waals surface area contributed by atoms with E-state index in [2.05, 4.69) is 17.2 Å². The zero-order chi connectivity index (χ0) is 13.8. The van der Waals surface area contributed by atoms with Gasteiger partial charge in [-0.25, -0.2) is 4.98 Å². The Balaban J connectivity index is 2.09. The zero-order valence-electron chi connectivity index (χ0n) is 11.3. The van der Waals surface area contributed by atoms with E-state index in [1.807, 2.05) is 0 Å². The summed E-state index contributed by atoms with van der Waals surface area (Å²) in [7, 11) is 0. The Hall–Kier alpha value is -1.69. The lowest BCUT2D eigenvalue weighted by molar-refractivity contribution is -0.385. The van der Waals surface area contributed by atoms with Gasteiger partial charge < -0.3 is 10.1 Å². The maximum Gasteiger partial charge on any atom is 0.290 e. The van der Waals surface area contributed by atoms with Crippen LogP contribution in [0.15, 0.2) is 12.1 Å². The molecule has 1 saturated heterocycles. The number of pyridine rings is 1. The molecule has 1 aromatic heterocycles. The molecule has 104 valence electrons. The third kappa shape index (κ3) is 3.20. The van der Waals surface area contributed by atoms with E-state index in [9.17, 15) is 10.1 Å². The number of aromatic nitrogens is 1. The predicted molar refractivity (Wildman–Crippen MR) is 72.3 cm³/mol. The first-order valence-corrected chi connectivity index (χ1v) is 6.62. The van der Waals surface area contributed by atoms with Crippen LogP contribution in [0.5, 0.6) is 0 Å². The van der Waals surface area contributed by atoms with E-state index in [0.717, 1.165) is 25.9 Å². The van der Waals surface area contributed by atoms with Crippen molar-refractivity contribution in [3.05, 3.63) is 27.9 Å². The first-order valence-electron chi connectivity index (χ1n) is 6.62. The number of hydrogen-bond acceptors (Lipinski definition) is 5. The number of hydrogen-bond donors (Lipinski definition) is 1. The van der Waals surface area contributed by atoms with Crippen molar-refractivity contribution in [3.8, 4) is 0 Å². The lowest BCUT2D eigenvalue weighted by Crippen LogP contribution is -2.32. The molecule has 0 radical (unpaired) electrons. The number of rotatable bonds is 5. The predicted octanol–water partition coefficient (Wildman–Crippen LogP) is 2.67. The normalized spacial score (nSPS) is 20.2. The van der Waals surface area contributed by atoms with Gasteiger partial charge in [0.05, 0.1) is 17.1 Å². The average Bonchev–Trinajstić information content (AvgIpc) is 2.89. The monoisotopic (exact) mass is 265 g/mol. The van der Waals surface area contributed by atoms with Crippen LogP contribution in [0.2, 0.25) is 0 Å². The van der Waals surface area contributed by atoms with Crippen molar-refractivity contribution in [2.24, 2.45) is 0 Å². The van der Waals surface area contributed by atoms with E-state index >= 15 is 0 Å². The minimum absolute atomic E-state index is 0.0516. The molecule has 1 fully saturated rings. The second kappa shape index (κ2) is 5.97. The summed E-state index contributed by atoms with van der Waals surface area (Å²) in [5.74, 6) is 0.672. The molecule has 6 nitrogen and oxygen atoms in total. The summed E-state index contributed by atoms with van der Waals surface area (Å²) in [6.45, 7) is 4.56. The Morgan fingerprint density at radius 1 is 1.63 bits per heavy atom. The van der Waals surface area contributed by atoms with Gasteiger partial charge in [-0.15, -0.1) is 0 Å². The van der Waals surface area contributed by atoms with E-state index in [4.69, 9.17) is 4.74 Å². The number of nitro groups is 1. The molecule has 1 aliphatic rings. The Morgan fingerprint density at radius 3 is 2.95 bits per heavy atom. The summed E-state index contributed by atoms with van der Waals surface area (Å²) in [6.07, 6.45) is 3.29. The molecule has 1 N–H and O–H groups in total. The van der Waals surface area contributed by atoms with Crippen LogP contribution < -0.4 is 5.32 Å². The van der Waals surface area contributed by atoms with Gasteiger partial charge >= 0.3 is 0 Å². The topological polar surface area (TPSA) is 77.3 Å². The van der Waals surface area contributed by atoms with Crippen molar-refractivity contribution in [2.75, 3.05) is 11.9 Å². The highest BCUT2D eigenvalue weighted by molar-refractivity contribution is 5.45. The smallest absolute Gasteiger partial charge is 0.290 e. The van der Waals surface area contributed by atoms with Crippen molar-refractivity contribution in [2.45, 2.75) is 45.3 Å².